The minimum Gasteiger partial charge on any atom is -0.387 e. The average molecular weight is 1420 g/mol. The summed E-state index contributed by atoms with van der Waals surface area (Å²) in [6.07, 6.45) is 0.907. The number of ether oxygens (including phenoxy) is 7. The summed E-state index contributed by atoms with van der Waals surface area (Å²) >= 11 is 24.2. The van der Waals surface area contributed by atoms with Gasteiger partial charge in [0, 0.05) is 47.8 Å². The van der Waals surface area contributed by atoms with Crippen LogP contribution < -0.4 is 16.5 Å². The molecule has 0 saturated carbocycles. The second-order valence-electron chi connectivity index (χ2n) is 24.1. The molecule has 25 nitrogen and oxygen atoms in total. The van der Waals surface area contributed by atoms with Gasteiger partial charge in [0.2, 0.25) is 0 Å². The van der Waals surface area contributed by atoms with Crippen LogP contribution >= 0.6 is 58.8 Å². The first-order chi connectivity index (χ1) is 43.6. The van der Waals surface area contributed by atoms with Gasteiger partial charge < -0.3 is 87.9 Å². The van der Waals surface area contributed by atoms with Crippen molar-refractivity contribution in [1.29, 1.82) is 0 Å². The van der Waals surface area contributed by atoms with Crippen LogP contribution in [0.2, 0.25) is 20.2 Å². The van der Waals surface area contributed by atoms with Gasteiger partial charge in [0.1, 0.15) is 124 Å². The van der Waals surface area contributed by atoms with Crippen LogP contribution in [0.1, 0.15) is 98.7 Å². The summed E-state index contributed by atoms with van der Waals surface area (Å²) in [5, 5.41) is 65.9. The fraction of sp³-hybridized carbons (Fsp3) is 0.446. The molecule has 0 spiro atoms. The molecule has 5 saturated heterocycles. The van der Waals surface area contributed by atoms with Crippen molar-refractivity contribution in [2.45, 2.75) is 165 Å². The molecule has 9 aromatic rings. The molecule has 30 heteroatoms. The maximum atomic E-state index is 11.6. The molecule has 5 aliphatic heterocycles. The number of hydrogen-bond donors (Lipinski definition) is 8. The van der Waals surface area contributed by atoms with E-state index in [1.54, 1.807) is 111 Å². The van der Waals surface area contributed by atoms with E-state index in [0.29, 0.717) is 65.1 Å². The molecule has 0 unspecified atom stereocenters. The van der Waals surface area contributed by atoms with E-state index in [1.165, 1.54) is 33.0 Å². The first-order valence-electron chi connectivity index (χ1n) is 29.3. The first-order valence-corrected chi connectivity index (χ1v) is 30.8. The van der Waals surface area contributed by atoms with Gasteiger partial charge in [0.25, 0.3) is 0 Å². The number of nitrogens with zero attached hydrogens (tertiary/aromatic N) is 9. The minimum absolute atomic E-state index is 0. The van der Waals surface area contributed by atoms with Gasteiger partial charge >= 0.3 is 0 Å². The van der Waals surface area contributed by atoms with E-state index in [0.717, 1.165) is 16.6 Å². The van der Waals surface area contributed by atoms with Crippen molar-refractivity contribution in [2.24, 2.45) is 5.90 Å². The van der Waals surface area contributed by atoms with Gasteiger partial charge in [-0.25, -0.2) is 35.8 Å². The number of aromatic nitrogens is 9. The maximum absolute atomic E-state index is 11.6. The predicted molar refractivity (Wildman–Crippen MR) is 363 cm³/mol. The molecule has 15 atom stereocenters. The highest BCUT2D eigenvalue weighted by Gasteiger charge is 2.62. The number of halogens is 5. The quantitative estimate of drug-likeness (QED) is 0.0441. The van der Waals surface area contributed by atoms with E-state index in [2.05, 4.69) is 51.3 Å². The highest BCUT2D eigenvalue weighted by molar-refractivity contribution is 6.34. The Morgan fingerprint density at radius 3 is 1.15 bits per heavy atom. The zero-order valence-electron chi connectivity index (χ0n) is 52.1. The molecular formula is C65H81Cl5N12O13. The normalized spacial score (nSPS) is 27.1. The summed E-state index contributed by atoms with van der Waals surface area (Å²) in [5.74, 6) is 4.09. The van der Waals surface area contributed by atoms with Crippen LogP contribution in [-0.4, -0.2) is 157 Å². The van der Waals surface area contributed by atoms with Crippen LogP contribution in [0.5, 0.6) is 0 Å². The monoisotopic (exact) mass is 1410 g/mol. The molecule has 11 heterocycles. The Morgan fingerprint density at radius 1 is 0.474 bits per heavy atom. The topological polar surface area (TPSA) is 317 Å². The van der Waals surface area contributed by atoms with Gasteiger partial charge in [-0.15, -0.1) is 12.4 Å². The van der Waals surface area contributed by atoms with Gasteiger partial charge in [-0.05, 0) is 120 Å². The molecule has 3 aromatic carbocycles. The SMILES string of the molecule is C.C.CC1(C)O[C@@H]2[C@H](O1)[C@@H]([C@](C)(O)c1ccc(Cl)cc1)O[C@H]2n1ccc2c(Cl)ncnc21.CNc1ncnc2c1ccn2[C@@H]1O[C@H]([C@](C)(O)c2ccc(Cl)cc2)[C@@H](O)[C@H]1O.CNc1ncnc2c1ccn2[C@@H]1O[C@H]([C@](C)(O)c2ccc(Cl)cc2)[C@H]2OC(C)(C)O[C@H]21.CON.Cl. The van der Waals surface area contributed by atoms with Crippen molar-refractivity contribution in [3.05, 3.63) is 165 Å². The number of fused-ring (bicyclic) bond motifs is 5. The Labute approximate surface area is 576 Å². The lowest BCUT2D eigenvalue weighted by Gasteiger charge is -2.34. The molecule has 0 aliphatic carbocycles. The second kappa shape index (κ2) is 29.2. The molecule has 0 amide bonds. The first kappa shape index (κ1) is 74.8. The van der Waals surface area contributed by atoms with Gasteiger partial charge in [-0.3, -0.25) is 0 Å². The third-order valence-corrected chi connectivity index (χ3v) is 18.1. The van der Waals surface area contributed by atoms with Crippen molar-refractivity contribution < 1.29 is 63.5 Å². The molecule has 0 radical (unpaired) electrons. The summed E-state index contributed by atoms with van der Waals surface area (Å²) in [7, 11) is 4.97. The molecule has 5 aliphatic rings. The summed E-state index contributed by atoms with van der Waals surface area (Å²) in [5.41, 5.74) is -0.468. The Balaban J connectivity index is 0.000000176. The summed E-state index contributed by atoms with van der Waals surface area (Å²) in [6, 6.07) is 26.3. The van der Waals surface area contributed by atoms with Crippen LogP contribution in [0.4, 0.5) is 11.6 Å². The third kappa shape index (κ3) is 14.3. The van der Waals surface area contributed by atoms with Crippen molar-refractivity contribution in [2.75, 3.05) is 31.8 Å². The number of anilines is 2. The predicted octanol–water partition coefficient (Wildman–Crippen LogP) is 10.4. The lowest BCUT2D eigenvalue weighted by atomic mass is 9.87. The van der Waals surface area contributed by atoms with Crippen LogP contribution in [0.25, 0.3) is 33.1 Å². The molecule has 0 bridgehead atoms. The molecular weight excluding hydrogens is 1330 g/mol. The smallest absolute Gasteiger partial charge is 0.164 e. The number of hydrogen-bond acceptors (Lipinski definition) is 22. The molecule has 9 N–H and O–H groups in total. The Hall–Kier alpha value is -5.99. The van der Waals surface area contributed by atoms with E-state index in [1.807, 2.05) is 68.4 Å². The summed E-state index contributed by atoms with van der Waals surface area (Å²) < 4.78 is 49.0. The van der Waals surface area contributed by atoms with Gasteiger partial charge in [0.05, 0.1) is 23.3 Å². The van der Waals surface area contributed by atoms with E-state index >= 15 is 0 Å². The van der Waals surface area contributed by atoms with Gasteiger partial charge in [-0.1, -0.05) is 97.7 Å². The highest BCUT2D eigenvalue weighted by Crippen LogP contribution is 2.51. The van der Waals surface area contributed by atoms with E-state index in [9.17, 15) is 25.5 Å². The van der Waals surface area contributed by atoms with Crippen molar-refractivity contribution in [3.8, 4) is 0 Å². The van der Waals surface area contributed by atoms with E-state index in [4.69, 9.17) is 79.6 Å². The van der Waals surface area contributed by atoms with Crippen LogP contribution in [0, 0.1) is 0 Å². The molecule has 6 aromatic heterocycles. The lowest BCUT2D eigenvalue weighted by molar-refractivity contribution is -0.221. The van der Waals surface area contributed by atoms with E-state index in [-0.39, 0.29) is 27.3 Å². The number of benzene rings is 3. The van der Waals surface area contributed by atoms with Crippen molar-refractivity contribution in [3.63, 3.8) is 0 Å². The van der Waals surface area contributed by atoms with Crippen molar-refractivity contribution in [1.82, 2.24) is 43.6 Å². The van der Waals surface area contributed by atoms with Crippen molar-refractivity contribution >= 4 is 104 Å². The van der Waals surface area contributed by atoms with E-state index < -0.39 is 102 Å². The van der Waals surface area contributed by atoms with Crippen LogP contribution in [0.15, 0.2) is 129 Å². The zero-order chi connectivity index (χ0) is 66.0. The van der Waals surface area contributed by atoms with Gasteiger partial charge in [-0.2, -0.15) is 0 Å². The Morgan fingerprint density at radius 2 is 0.779 bits per heavy atom. The fourth-order valence-electron chi connectivity index (χ4n) is 12.6. The van der Waals surface area contributed by atoms with Crippen LogP contribution in [-0.2, 0) is 54.8 Å². The molecule has 95 heavy (non-hydrogen) atoms. The lowest BCUT2D eigenvalue weighted by Crippen LogP contribution is -2.45. The number of nitrogens with two attached hydrogens (primary N) is 1. The van der Waals surface area contributed by atoms with Crippen LogP contribution in [0.3, 0.4) is 0 Å². The number of nitrogens with one attached hydrogen (secondary N) is 2. The Kier molecular flexibility index (Phi) is 23.0. The minimum atomic E-state index is -1.55. The zero-order valence-corrected chi connectivity index (χ0v) is 55.9. The second-order valence-corrected chi connectivity index (χ2v) is 25.8. The fourth-order valence-corrected chi connectivity index (χ4v) is 13.2. The summed E-state index contributed by atoms with van der Waals surface area (Å²) in [4.78, 5) is 29.3. The number of aliphatic hydroxyl groups excluding tert-OH is 2. The maximum Gasteiger partial charge on any atom is 0.164 e. The third-order valence-electron chi connectivity index (χ3n) is 17.0. The standard InChI is InChI=1S/C22H25ClN4O4.C21H21Cl2N3O4.C19H21ClN4O4.CH5NO.2CH4.ClH/c1-21(2)30-15-16(31-21)20(27-10-9-14-18(24-4)25-11-26-19(14)27)29-17(15)22(3,28)12-5-7-13(23)8-6-12;1-20(2)29-14-15(30-20)19(26-9-8-13-17(23)24-10-25-18(13)26)28-16(14)21(3,27)11-4-6-12(22)7-5-11;1-19(27,10-3-5-11(20)6-4-10)15-13(25)14(26)18(28-15)24-8-7-12-16(21-2)22-9-23-17(12)24;1-3-2;;;/h5-11,15-17,20,28H,1-4H3,(H,24,25,26);4-10,14-16,19,27H,1-3H3;3-9,13-15,18,25-27H,1-2H3,(H,21,22,23);2H2,1H3;2*1H4;1H/t15-,16+,17-,20+,22+;14-,15+,16-,19+,21+;13-,14+,15-,18+,19+;;;;/m000..../s1. The largest absolute Gasteiger partial charge is 0.387 e. The molecule has 514 valence electrons. The Bertz CT molecular complexity index is 4050. The average Bonchev–Trinajstić information content (AvgIpc) is 1.58. The van der Waals surface area contributed by atoms with Gasteiger partial charge in [0.15, 0.2) is 30.3 Å². The number of rotatable bonds is 11. The molecule has 5 fully saturated rings. The summed E-state index contributed by atoms with van der Waals surface area (Å²) in [6.45, 7) is 12.4. The number of aliphatic hydroxyl groups is 5. The molecule has 14 rings (SSSR count). The highest BCUT2D eigenvalue weighted by atomic mass is 35.5.